The summed E-state index contributed by atoms with van der Waals surface area (Å²) < 4.78 is 11.4. The Morgan fingerprint density at radius 3 is 1.27 bits per heavy atom. The second-order valence-corrected chi connectivity index (χ2v) is 16.1. The average Bonchev–Trinajstić information content (AvgIpc) is 3.37. The highest BCUT2D eigenvalue weighted by atomic mass is 16.5. The van der Waals surface area contributed by atoms with E-state index in [9.17, 15) is 9.59 Å². The molecule has 0 saturated heterocycles. The number of hydrogen-bond acceptors (Lipinski definition) is 5. The van der Waals surface area contributed by atoms with E-state index in [1.165, 1.54) is 199 Å². The molecule has 0 spiro atoms. The Balaban J connectivity index is 1.48. The molecule has 2 aromatic carbocycles. The molecule has 0 heterocycles. The molecular weight excluding hydrogens is 679 g/mol. The first-order valence-corrected chi connectivity index (χ1v) is 23.5. The lowest BCUT2D eigenvalue weighted by Gasteiger charge is -2.07. The number of nitrogens with one attached hydrogen (secondary N) is 1. The molecule has 0 amide bonds. The van der Waals surface area contributed by atoms with Gasteiger partial charge in [0, 0.05) is 12.2 Å². The second-order valence-electron chi connectivity index (χ2n) is 16.1. The monoisotopic (exact) mass is 762 g/mol. The third-order valence-electron chi connectivity index (χ3n) is 11.0. The number of benzene rings is 1. The highest BCUT2D eigenvalue weighted by Gasteiger charge is 2.11. The number of unbranched alkanes of at least 4 members (excludes halogenated alkanes) is 30. The van der Waals surface area contributed by atoms with E-state index in [0.29, 0.717) is 12.2 Å². The fourth-order valence-corrected chi connectivity index (χ4v) is 7.34. The van der Waals surface area contributed by atoms with Crippen molar-refractivity contribution in [1.29, 1.82) is 0 Å². The minimum Gasteiger partial charge on any atom is -0.494 e. The summed E-state index contributed by atoms with van der Waals surface area (Å²) in [5, 5.41) is 3.42. The molecular formula is C50H83NO4. The van der Waals surface area contributed by atoms with E-state index < -0.39 is 5.97 Å². The molecule has 5 heteroatoms. The van der Waals surface area contributed by atoms with Crippen LogP contribution in [0.4, 0.5) is 5.69 Å². The van der Waals surface area contributed by atoms with Gasteiger partial charge in [0.2, 0.25) is 5.43 Å². The van der Waals surface area contributed by atoms with Crippen molar-refractivity contribution in [2.24, 2.45) is 0 Å². The highest BCUT2D eigenvalue weighted by Crippen LogP contribution is 2.18. The van der Waals surface area contributed by atoms with E-state index in [4.69, 9.17) is 9.47 Å². The van der Waals surface area contributed by atoms with Gasteiger partial charge >= 0.3 is 5.97 Å². The zero-order valence-corrected chi connectivity index (χ0v) is 35.8. The third-order valence-corrected chi connectivity index (χ3v) is 11.0. The summed E-state index contributed by atoms with van der Waals surface area (Å²) in [5.74, 6) is 0.229. The normalized spacial score (nSPS) is 11.2. The van der Waals surface area contributed by atoms with Gasteiger partial charge in [-0.25, -0.2) is 4.79 Å². The van der Waals surface area contributed by atoms with Gasteiger partial charge in [-0.2, -0.15) is 0 Å². The number of anilines is 1. The van der Waals surface area contributed by atoms with Crippen LogP contribution >= 0.6 is 0 Å². The Morgan fingerprint density at radius 1 is 0.455 bits per heavy atom. The number of rotatable bonds is 38. The molecule has 1 N–H and O–H groups in total. The molecule has 55 heavy (non-hydrogen) atoms. The SMILES string of the molecule is CCCCCCCCCCCCCCCCCCNc1ccc(OC(=O)c2ccc(OCCCCCCCCCCCCCCCCCC)cc2)c(=O)cc1. The zero-order chi connectivity index (χ0) is 39.3. The minimum atomic E-state index is -0.546. The molecule has 0 aliphatic rings. The first kappa shape index (κ1) is 48.3. The summed E-state index contributed by atoms with van der Waals surface area (Å²) in [6.07, 6.45) is 43.3. The average molecular weight is 762 g/mol. The third kappa shape index (κ3) is 27.4. The summed E-state index contributed by atoms with van der Waals surface area (Å²) in [6.45, 7) is 6.11. The van der Waals surface area contributed by atoms with Gasteiger partial charge in [0.05, 0.1) is 12.2 Å². The first-order valence-electron chi connectivity index (χ1n) is 23.5. The molecule has 0 radical (unpaired) electrons. The van der Waals surface area contributed by atoms with Crippen molar-refractivity contribution in [3.05, 3.63) is 64.3 Å². The van der Waals surface area contributed by atoms with Crippen molar-refractivity contribution in [2.45, 2.75) is 219 Å². The summed E-state index contributed by atoms with van der Waals surface area (Å²) in [6, 6.07) is 13.6. The molecule has 0 bridgehead atoms. The maximum atomic E-state index is 12.8. The minimum absolute atomic E-state index is 0.0317. The van der Waals surface area contributed by atoms with Crippen LogP contribution in [0.1, 0.15) is 230 Å². The van der Waals surface area contributed by atoms with E-state index in [1.54, 1.807) is 36.4 Å². The van der Waals surface area contributed by atoms with E-state index in [1.807, 2.05) is 6.07 Å². The van der Waals surface area contributed by atoms with Crippen molar-refractivity contribution in [3.8, 4) is 11.5 Å². The smallest absolute Gasteiger partial charge is 0.343 e. The van der Waals surface area contributed by atoms with Crippen molar-refractivity contribution < 1.29 is 14.3 Å². The van der Waals surface area contributed by atoms with Gasteiger partial charge in [-0.15, -0.1) is 0 Å². The number of ether oxygens (including phenoxy) is 2. The molecule has 2 aromatic rings. The predicted molar refractivity (Wildman–Crippen MR) is 237 cm³/mol. The van der Waals surface area contributed by atoms with Crippen molar-refractivity contribution in [1.82, 2.24) is 0 Å². The van der Waals surface area contributed by atoms with Crippen LogP contribution in [-0.4, -0.2) is 19.1 Å². The zero-order valence-electron chi connectivity index (χ0n) is 35.8. The van der Waals surface area contributed by atoms with Crippen LogP contribution in [0.15, 0.2) is 53.3 Å². The van der Waals surface area contributed by atoms with Crippen LogP contribution in [0.5, 0.6) is 11.5 Å². The highest BCUT2D eigenvalue weighted by molar-refractivity contribution is 5.91. The molecule has 5 nitrogen and oxygen atoms in total. The Labute approximate surface area is 338 Å². The number of carbonyl (C=O) groups excluding carboxylic acids is 1. The molecule has 0 atom stereocenters. The topological polar surface area (TPSA) is 64.6 Å². The standard InChI is InChI=1S/C50H83NO4/c1-3-5-7-9-11-13-15-17-19-21-23-25-27-29-31-33-43-51-46-37-41-48(52)49(42-38-46)55-50(53)45-35-39-47(40-36-45)54-44-34-32-30-28-26-24-22-20-18-16-14-12-10-8-6-4-2/h35-42,51H,3-34,43-44H2,1-2H3. The molecule has 0 aromatic heterocycles. The van der Waals surface area contributed by atoms with E-state index in [-0.39, 0.29) is 11.2 Å². The molecule has 0 saturated carbocycles. The molecule has 312 valence electrons. The summed E-state index contributed by atoms with van der Waals surface area (Å²) in [5.41, 5.74) is 0.927. The summed E-state index contributed by atoms with van der Waals surface area (Å²) in [7, 11) is 0. The molecule has 0 aliphatic heterocycles. The van der Waals surface area contributed by atoms with Crippen LogP contribution in [0, 0.1) is 0 Å². The number of hydrogen-bond donors (Lipinski definition) is 1. The van der Waals surface area contributed by atoms with Crippen LogP contribution in [0.3, 0.4) is 0 Å². The van der Waals surface area contributed by atoms with Crippen LogP contribution < -0.4 is 20.2 Å². The van der Waals surface area contributed by atoms with Crippen molar-refractivity contribution in [2.75, 3.05) is 18.5 Å². The van der Waals surface area contributed by atoms with Crippen molar-refractivity contribution >= 4 is 11.7 Å². The van der Waals surface area contributed by atoms with Gasteiger partial charge in [0.15, 0.2) is 5.75 Å². The lowest BCUT2D eigenvalue weighted by atomic mass is 10.0. The van der Waals surface area contributed by atoms with Crippen LogP contribution in [0.25, 0.3) is 0 Å². The van der Waals surface area contributed by atoms with Gasteiger partial charge in [-0.1, -0.05) is 206 Å². The lowest BCUT2D eigenvalue weighted by Crippen LogP contribution is -2.13. The second kappa shape index (κ2) is 35.6. The number of carbonyl (C=O) groups is 1. The number of esters is 1. The maximum absolute atomic E-state index is 12.8. The van der Waals surface area contributed by atoms with Gasteiger partial charge in [-0.3, -0.25) is 4.79 Å². The fraction of sp³-hybridized carbons (Fsp3) is 0.720. The first-order chi connectivity index (χ1) is 27.1. The molecule has 0 fully saturated rings. The van der Waals surface area contributed by atoms with Crippen LogP contribution in [-0.2, 0) is 0 Å². The van der Waals surface area contributed by atoms with E-state index in [2.05, 4.69) is 19.2 Å². The van der Waals surface area contributed by atoms with Gasteiger partial charge < -0.3 is 14.8 Å². The lowest BCUT2D eigenvalue weighted by molar-refractivity contribution is 0.0733. The van der Waals surface area contributed by atoms with E-state index in [0.717, 1.165) is 30.8 Å². The Morgan fingerprint density at radius 2 is 0.836 bits per heavy atom. The molecule has 0 unspecified atom stereocenters. The van der Waals surface area contributed by atoms with Gasteiger partial charge in [-0.05, 0) is 61.4 Å². The Hall–Kier alpha value is -2.82. The Kier molecular flexibility index (Phi) is 31.3. The molecule has 0 aliphatic carbocycles. The molecule has 2 rings (SSSR count). The summed E-state index contributed by atoms with van der Waals surface area (Å²) >= 11 is 0. The predicted octanol–water partition coefficient (Wildman–Crippen LogP) is 15.6. The largest absolute Gasteiger partial charge is 0.494 e. The fourth-order valence-electron chi connectivity index (χ4n) is 7.34. The summed E-state index contributed by atoms with van der Waals surface area (Å²) in [4.78, 5) is 25.5. The quantitative estimate of drug-likeness (QED) is 0.0545. The van der Waals surface area contributed by atoms with Gasteiger partial charge in [0.25, 0.3) is 0 Å². The van der Waals surface area contributed by atoms with E-state index >= 15 is 0 Å². The van der Waals surface area contributed by atoms with Crippen molar-refractivity contribution in [3.63, 3.8) is 0 Å². The maximum Gasteiger partial charge on any atom is 0.343 e. The van der Waals surface area contributed by atoms with Gasteiger partial charge in [0.1, 0.15) is 5.75 Å². The Bertz CT molecular complexity index is 1230. The van der Waals surface area contributed by atoms with Crippen LogP contribution in [0.2, 0.25) is 0 Å².